The van der Waals surface area contributed by atoms with Crippen LogP contribution in [0.25, 0.3) is 0 Å². The first-order chi connectivity index (χ1) is 9.97. The van der Waals surface area contributed by atoms with E-state index in [0.29, 0.717) is 11.3 Å². The van der Waals surface area contributed by atoms with Gasteiger partial charge in [0, 0.05) is 24.2 Å². The van der Waals surface area contributed by atoms with Gasteiger partial charge in [0.25, 0.3) is 12.1 Å². The summed E-state index contributed by atoms with van der Waals surface area (Å²) in [5, 5.41) is 13.8. The molecule has 0 heterocycles. The summed E-state index contributed by atoms with van der Waals surface area (Å²) in [5.74, 6) is 0. The highest BCUT2D eigenvalue weighted by molar-refractivity contribution is 6.33. The number of nitrogens with one attached hydrogen (secondary N) is 1. The predicted molar refractivity (Wildman–Crippen MR) is 76.8 cm³/mol. The van der Waals surface area contributed by atoms with Gasteiger partial charge in [-0.15, -0.1) is 0 Å². The number of nitro groups is 1. The highest BCUT2D eigenvalue weighted by Crippen LogP contribution is 2.27. The molecule has 1 N–H and O–H groups in total. The fourth-order valence-corrected chi connectivity index (χ4v) is 2.04. The molecule has 0 saturated heterocycles. The molecule has 4 nitrogen and oxygen atoms in total. The molecule has 0 bridgehead atoms. The molecule has 0 spiro atoms. The van der Waals surface area contributed by atoms with Crippen molar-refractivity contribution in [3.63, 3.8) is 0 Å². The molecular formula is C14H11ClF2N2O2. The average Bonchev–Trinajstić information content (AvgIpc) is 2.46. The first-order valence-corrected chi connectivity index (χ1v) is 6.40. The van der Waals surface area contributed by atoms with E-state index in [1.54, 1.807) is 12.1 Å². The Bertz CT molecular complexity index is 665. The Labute approximate surface area is 124 Å². The van der Waals surface area contributed by atoms with Crippen LogP contribution in [0, 0.1) is 10.1 Å². The topological polar surface area (TPSA) is 55.2 Å². The van der Waals surface area contributed by atoms with E-state index in [2.05, 4.69) is 5.32 Å². The second-order valence-electron chi connectivity index (χ2n) is 4.32. The maximum atomic E-state index is 12.6. The summed E-state index contributed by atoms with van der Waals surface area (Å²) >= 11 is 5.93. The van der Waals surface area contributed by atoms with Crippen molar-refractivity contribution >= 4 is 23.0 Å². The van der Waals surface area contributed by atoms with Crippen LogP contribution < -0.4 is 5.32 Å². The van der Waals surface area contributed by atoms with Crippen molar-refractivity contribution in [2.24, 2.45) is 0 Å². The highest BCUT2D eigenvalue weighted by atomic mass is 35.5. The Morgan fingerprint density at radius 2 is 2.00 bits per heavy atom. The second-order valence-corrected chi connectivity index (χ2v) is 4.73. The Morgan fingerprint density at radius 3 is 2.62 bits per heavy atom. The molecule has 0 atom stereocenters. The molecule has 0 aromatic heterocycles. The lowest BCUT2D eigenvalue weighted by atomic mass is 10.1. The molecule has 110 valence electrons. The Balaban J connectivity index is 2.09. The smallest absolute Gasteiger partial charge is 0.271 e. The van der Waals surface area contributed by atoms with Crippen LogP contribution in [0.2, 0.25) is 5.02 Å². The lowest BCUT2D eigenvalue weighted by Crippen LogP contribution is -2.01. The van der Waals surface area contributed by atoms with Crippen LogP contribution in [0.15, 0.2) is 42.5 Å². The molecule has 0 aliphatic carbocycles. The SMILES string of the molecule is O=[N+]([O-])c1ccc(NCc2cccc(C(F)F)c2)c(Cl)c1. The van der Waals surface area contributed by atoms with Crippen LogP contribution in [-0.4, -0.2) is 4.92 Å². The summed E-state index contributed by atoms with van der Waals surface area (Å²) in [6, 6.07) is 10.1. The van der Waals surface area contributed by atoms with E-state index in [4.69, 9.17) is 11.6 Å². The number of hydrogen-bond donors (Lipinski definition) is 1. The molecule has 7 heteroatoms. The third kappa shape index (κ3) is 3.88. The van der Waals surface area contributed by atoms with Gasteiger partial charge in [-0.2, -0.15) is 0 Å². The molecule has 0 saturated carbocycles. The molecule has 2 aromatic carbocycles. The molecule has 0 radical (unpaired) electrons. The summed E-state index contributed by atoms with van der Waals surface area (Å²) in [6.45, 7) is 0.290. The first-order valence-electron chi connectivity index (χ1n) is 6.02. The number of rotatable bonds is 5. The minimum atomic E-state index is -2.52. The summed E-state index contributed by atoms with van der Waals surface area (Å²) in [7, 11) is 0. The number of halogens is 3. The quantitative estimate of drug-likeness (QED) is 0.637. The number of hydrogen-bond acceptors (Lipinski definition) is 3. The van der Waals surface area contributed by atoms with Gasteiger partial charge >= 0.3 is 0 Å². The number of benzene rings is 2. The normalized spacial score (nSPS) is 10.7. The van der Waals surface area contributed by atoms with Gasteiger partial charge in [0.2, 0.25) is 0 Å². The molecule has 0 aliphatic heterocycles. The summed E-state index contributed by atoms with van der Waals surface area (Å²) in [6.07, 6.45) is -2.52. The number of anilines is 1. The monoisotopic (exact) mass is 312 g/mol. The van der Waals surface area contributed by atoms with Gasteiger partial charge < -0.3 is 5.32 Å². The highest BCUT2D eigenvalue weighted by Gasteiger charge is 2.10. The third-order valence-electron chi connectivity index (χ3n) is 2.85. The molecule has 0 unspecified atom stereocenters. The molecule has 2 rings (SSSR count). The van der Waals surface area contributed by atoms with Crippen molar-refractivity contribution in [1.29, 1.82) is 0 Å². The zero-order chi connectivity index (χ0) is 15.4. The maximum absolute atomic E-state index is 12.6. The Kier molecular flexibility index (Phi) is 4.70. The van der Waals surface area contributed by atoms with Crippen LogP contribution >= 0.6 is 11.6 Å². The van der Waals surface area contributed by atoms with E-state index < -0.39 is 11.3 Å². The standard InChI is InChI=1S/C14H11ClF2N2O2/c15-12-7-11(19(20)21)4-5-13(12)18-8-9-2-1-3-10(6-9)14(16)17/h1-7,14,18H,8H2. The van der Waals surface area contributed by atoms with Crippen molar-refractivity contribution in [2.75, 3.05) is 5.32 Å². The Hall–Kier alpha value is -2.21. The van der Waals surface area contributed by atoms with Crippen molar-refractivity contribution in [3.8, 4) is 0 Å². The summed E-state index contributed by atoms with van der Waals surface area (Å²) < 4.78 is 25.2. The lowest BCUT2D eigenvalue weighted by Gasteiger charge is -2.09. The van der Waals surface area contributed by atoms with Gasteiger partial charge in [-0.05, 0) is 17.7 Å². The van der Waals surface area contributed by atoms with E-state index in [1.807, 2.05) is 0 Å². The summed E-state index contributed by atoms with van der Waals surface area (Å²) in [5.41, 5.74) is 1.02. The van der Waals surface area contributed by atoms with Gasteiger partial charge in [0.1, 0.15) is 0 Å². The van der Waals surface area contributed by atoms with Gasteiger partial charge in [-0.25, -0.2) is 8.78 Å². The summed E-state index contributed by atoms with van der Waals surface area (Å²) in [4.78, 5) is 10.1. The number of non-ortho nitro benzene ring substituents is 1. The minimum absolute atomic E-state index is 0.0518. The van der Waals surface area contributed by atoms with Crippen LogP contribution in [-0.2, 0) is 6.54 Å². The molecule has 0 amide bonds. The van der Waals surface area contributed by atoms with Gasteiger partial charge in [0.05, 0.1) is 15.6 Å². The van der Waals surface area contributed by atoms with Crippen LogP contribution in [0.1, 0.15) is 17.6 Å². The average molecular weight is 313 g/mol. The molecule has 0 fully saturated rings. The largest absolute Gasteiger partial charge is 0.380 e. The van der Waals surface area contributed by atoms with Gasteiger partial charge in [0.15, 0.2) is 0 Å². The number of nitro benzene ring substituents is 1. The van der Waals surface area contributed by atoms with Crippen LogP contribution in [0.3, 0.4) is 0 Å². The van der Waals surface area contributed by atoms with Crippen LogP contribution in [0.5, 0.6) is 0 Å². The minimum Gasteiger partial charge on any atom is -0.380 e. The van der Waals surface area contributed by atoms with Crippen LogP contribution in [0.4, 0.5) is 20.2 Å². The molecule has 21 heavy (non-hydrogen) atoms. The number of alkyl halides is 2. The zero-order valence-electron chi connectivity index (χ0n) is 10.7. The van der Waals surface area contributed by atoms with E-state index >= 15 is 0 Å². The van der Waals surface area contributed by atoms with E-state index in [1.165, 1.54) is 30.3 Å². The van der Waals surface area contributed by atoms with Gasteiger partial charge in [-0.1, -0.05) is 29.8 Å². The first kappa shape index (κ1) is 15.2. The lowest BCUT2D eigenvalue weighted by molar-refractivity contribution is -0.384. The van der Waals surface area contributed by atoms with Crippen molar-refractivity contribution < 1.29 is 13.7 Å². The fraction of sp³-hybridized carbons (Fsp3) is 0.143. The van der Waals surface area contributed by atoms with Crippen molar-refractivity contribution in [3.05, 3.63) is 68.7 Å². The Morgan fingerprint density at radius 1 is 1.24 bits per heavy atom. The zero-order valence-corrected chi connectivity index (χ0v) is 11.5. The molecular weight excluding hydrogens is 302 g/mol. The van der Waals surface area contributed by atoms with E-state index in [9.17, 15) is 18.9 Å². The van der Waals surface area contributed by atoms with Gasteiger partial charge in [-0.3, -0.25) is 10.1 Å². The third-order valence-corrected chi connectivity index (χ3v) is 3.16. The van der Waals surface area contributed by atoms with Crippen molar-refractivity contribution in [1.82, 2.24) is 0 Å². The predicted octanol–water partition coefficient (Wildman–Crippen LogP) is 4.80. The van der Waals surface area contributed by atoms with E-state index in [-0.39, 0.29) is 22.8 Å². The second kappa shape index (κ2) is 6.49. The molecule has 2 aromatic rings. The number of nitrogens with zero attached hydrogens (tertiary/aromatic N) is 1. The fourth-order valence-electron chi connectivity index (χ4n) is 1.80. The van der Waals surface area contributed by atoms with Crippen molar-refractivity contribution in [2.45, 2.75) is 13.0 Å². The van der Waals surface area contributed by atoms with E-state index in [0.717, 1.165) is 0 Å². The molecule has 0 aliphatic rings. The maximum Gasteiger partial charge on any atom is 0.271 e.